The van der Waals surface area contributed by atoms with Gasteiger partial charge in [-0.2, -0.15) is 5.10 Å². The summed E-state index contributed by atoms with van der Waals surface area (Å²) >= 11 is 1.74. The topological polar surface area (TPSA) is 21.1 Å². The minimum atomic E-state index is -0.188. The van der Waals surface area contributed by atoms with E-state index in [-0.39, 0.29) is 5.82 Å². The Kier molecular flexibility index (Phi) is 5.67. The molecule has 2 aromatic carbocycles. The maximum atomic E-state index is 12.9. The van der Waals surface area contributed by atoms with Gasteiger partial charge in [-0.3, -0.25) is 0 Å². The van der Waals surface area contributed by atoms with Crippen LogP contribution in [0.3, 0.4) is 0 Å². The fourth-order valence-electron chi connectivity index (χ4n) is 2.40. The van der Waals surface area contributed by atoms with E-state index in [1.807, 2.05) is 53.3 Å². The quantitative estimate of drug-likeness (QED) is 0.600. The summed E-state index contributed by atoms with van der Waals surface area (Å²) in [6.45, 7) is 1.81. The molecule has 0 saturated heterocycles. The van der Waals surface area contributed by atoms with Crippen LogP contribution in [0.4, 0.5) is 4.39 Å². The third-order valence-corrected chi connectivity index (χ3v) is 4.66. The predicted molar refractivity (Wildman–Crippen MR) is 97.0 cm³/mol. The Hall–Kier alpha value is -2.11. The molecule has 1 heterocycles. The van der Waals surface area contributed by atoms with Crippen LogP contribution >= 0.6 is 11.8 Å². The fraction of sp³-hybridized carbons (Fsp3) is 0.211. The summed E-state index contributed by atoms with van der Waals surface area (Å²) in [5.41, 5.74) is 2.26. The number of para-hydroxylation sites is 1. The molecule has 0 radical (unpaired) electrons. The van der Waals surface area contributed by atoms with Crippen molar-refractivity contribution < 1.29 is 4.39 Å². The third kappa shape index (κ3) is 4.69. The number of thioether (sulfide) groups is 1. The molecule has 3 nitrogen and oxygen atoms in total. The highest BCUT2D eigenvalue weighted by Crippen LogP contribution is 2.18. The largest absolute Gasteiger partial charge is 0.301 e. The summed E-state index contributed by atoms with van der Waals surface area (Å²) in [5, 5.41) is 4.42. The van der Waals surface area contributed by atoms with Crippen molar-refractivity contribution in [3.05, 3.63) is 78.4 Å². The lowest BCUT2D eigenvalue weighted by Gasteiger charge is -2.15. The minimum Gasteiger partial charge on any atom is -0.301 e. The van der Waals surface area contributed by atoms with Gasteiger partial charge in [0.1, 0.15) is 5.82 Å². The van der Waals surface area contributed by atoms with Gasteiger partial charge in [-0.25, -0.2) is 9.07 Å². The van der Waals surface area contributed by atoms with Gasteiger partial charge in [0.2, 0.25) is 0 Å². The zero-order valence-corrected chi connectivity index (χ0v) is 14.4. The molecule has 0 atom stereocenters. The first-order chi connectivity index (χ1) is 11.7. The van der Waals surface area contributed by atoms with Crippen molar-refractivity contribution >= 4 is 11.8 Å². The fourth-order valence-corrected chi connectivity index (χ4v) is 3.37. The summed E-state index contributed by atoms with van der Waals surface area (Å²) in [5.74, 6) is 0.779. The Morgan fingerprint density at radius 2 is 1.83 bits per heavy atom. The van der Waals surface area contributed by atoms with E-state index >= 15 is 0 Å². The number of aromatic nitrogens is 2. The van der Waals surface area contributed by atoms with E-state index in [2.05, 4.69) is 23.2 Å². The second-order valence-electron chi connectivity index (χ2n) is 5.67. The molecule has 0 amide bonds. The van der Waals surface area contributed by atoms with Crippen molar-refractivity contribution in [3.8, 4) is 5.69 Å². The second-order valence-corrected chi connectivity index (χ2v) is 6.84. The molecular formula is C19H20FN3S. The summed E-state index contributed by atoms with van der Waals surface area (Å²) in [6, 6.07) is 16.8. The van der Waals surface area contributed by atoms with Crippen LogP contribution in [0.2, 0.25) is 0 Å². The average molecular weight is 341 g/mol. The van der Waals surface area contributed by atoms with Gasteiger partial charge in [-0.15, -0.1) is 11.8 Å². The summed E-state index contributed by atoms with van der Waals surface area (Å²) in [7, 11) is 2.10. The predicted octanol–water partition coefficient (Wildman–Crippen LogP) is 4.24. The molecule has 0 saturated carbocycles. The monoisotopic (exact) mass is 341 g/mol. The zero-order valence-electron chi connectivity index (χ0n) is 13.6. The lowest BCUT2D eigenvalue weighted by molar-refractivity contribution is 0.348. The number of halogens is 1. The Morgan fingerprint density at radius 3 is 2.58 bits per heavy atom. The van der Waals surface area contributed by atoms with Gasteiger partial charge >= 0.3 is 0 Å². The molecule has 0 aliphatic heterocycles. The molecule has 5 heteroatoms. The average Bonchev–Trinajstić information content (AvgIpc) is 3.06. The molecule has 0 unspecified atom stereocenters. The normalized spacial score (nSPS) is 11.1. The van der Waals surface area contributed by atoms with E-state index in [0.29, 0.717) is 0 Å². The van der Waals surface area contributed by atoms with Crippen LogP contribution < -0.4 is 0 Å². The molecule has 0 aliphatic carbocycles. The van der Waals surface area contributed by atoms with E-state index in [1.54, 1.807) is 11.8 Å². The van der Waals surface area contributed by atoms with Crippen LogP contribution in [-0.4, -0.2) is 34.0 Å². The van der Waals surface area contributed by atoms with Crippen LogP contribution in [0.1, 0.15) is 5.56 Å². The highest BCUT2D eigenvalue weighted by Gasteiger charge is 2.05. The van der Waals surface area contributed by atoms with Gasteiger partial charge in [0, 0.05) is 35.5 Å². The van der Waals surface area contributed by atoms with Gasteiger partial charge in [0.05, 0.1) is 11.9 Å². The van der Waals surface area contributed by atoms with E-state index in [4.69, 9.17) is 0 Å². The first kappa shape index (κ1) is 16.7. The molecule has 0 fully saturated rings. The molecule has 0 aliphatic rings. The zero-order chi connectivity index (χ0) is 16.8. The van der Waals surface area contributed by atoms with Crippen molar-refractivity contribution in [3.63, 3.8) is 0 Å². The third-order valence-electron chi connectivity index (χ3n) is 3.66. The van der Waals surface area contributed by atoms with Gasteiger partial charge in [0.25, 0.3) is 0 Å². The van der Waals surface area contributed by atoms with Crippen LogP contribution in [0.25, 0.3) is 5.69 Å². The number of benzene rings is 2. The number of hydrogen-bond acceptors (Lipinski definition) is 3. The van der Waals surface area contributed by atoms with Crippen molar-refractivity contribution in [2.45, 2.75) is 11.4 Å². The van der Waals surface area contributed by atoms with Crippen molar-refractivity contribution in [2.24, 2.45) is 0 Å². The number of rotatable bonds is 7. The van der Waals surface area contributed by atoms with E-state index in [9.17, 15) is 4.39 Å². The van der Waals surface area contributed by atoms with Gasteiger partial charge < -0.3 is 4.90 Å². The van der Waals surface area contributed by atoms with E-state index < -0.39 is 0 Å². The Balaban J connectivity index is 1.47. The summed E-state index contributed by atoms with van der Waals surface area (Å²) in [6.07, 6.45) is 3.98. The Morgan fingerprint density at radius 1 is 1.08 bits per heavy atom. The molecule has 0 spiro atoms. The van der Waals surface area contributed by atoms with Crippen LogP contribution in [0.5, 0.6) is 0 Å². The van der Waals surface area contributed by atoms with Gasteiger partial charge in [0.15, 0.2) is 0 Å². The molecule has 0 bridgehead atoms. The van der Waals surface area contributed by atoms with Crippen molar-refractivity contribution in [2.75, 3.05) is 19.3 Å². The van der Waals surface area contributed by atoms with Crippen LogP contribution in [0.15, 0.2) is 71.9 Å². The molecule has 1 aromatic heterocycles. The standard InChI is InChI=1S/C19H20FN3S/c1-22(11-12-24-19-9-7-17(20)8-10-19)14-16-13-21-23(15-16)18-5-3-2-4-6-18/h2-10,13,15H,11-12,14H2,1H3. The summed E-state index contributed by atoms with van der Waals surface area (Å²) in [4.78, 5) is 3.37. The highest BCUT2D eigenvalue weighted by atomic mass is 32.2. The first-order valence-corrected chi connectivity index (χ1v) is 8.85. The second kappa shape index (κ2) is 8.13. The van der Waals surface area contributed by atoms with Gasteiger partial charge in [-0.05, 0) is 43.4 Å². The lowest BCUT2D eigenvalue weighted by Crippen LogP contribution is -2.20. The highest BCUT2D eigenvalue weighted by molar-refractivity contribution is 7.99. The maximum Gasteiger partial charge on any atom is 0.123 e. The number of hydrogen-bond donors (Lipinski definition) is 0. The molecule has 0 N–H and O–H groups in total. The van der Waals surface area contributed by atoms with Crippen LogP contribution in [0, 0.1) is 5.82 Å². The SMILES string of the molecule is CN(CCSc1ccc(F)cc1)Cc1cnn(-c2ccccc2)c1. The summed E-state index contributed by atoms with van der Waals surface area (Å²) < 4.78 is 14.8. The molecular weight excluding hydrogens is 321 g/mol. The molecule has 3 aromatic rings. The molecule has 124 valence electrons. The first-order valence-electron chi connectivity index (χ1n) is 7.86. The van der Waals surface area contributed by atoms with E-state index in [1.165, 1.54) is 17.7 Å². The number of nitrogens with zero attached hydrogens (tertiary/aromatic N) is 3. The van der Waals surface area contributed by atoms with Gasteiger partial charge in [-0.1, -0.05) is 18.2 Å². The maximum absolute atomic E-state index is 12.9. The minimum absolute atomic E-state index is 0.188. The van der Waals surface area contributed by atoms with Crippen LogP contribution in [-0.2, 0) is 6.54 Å². The lowest BCUT2D eigenvalue weighted by atomic mass is 10.3. The van der Waals surface area contributed by atoms with Crippen molar-refractivity contribution in [1.82, 2.24) is 14.7 Å². The molecule has 24 heavy (non-hydrogen) atoms. The van der Waals surface area contributed by atoms with E-state index in [0.717, 1.165) is 29.4 Å². The molecule has 3 rings (SSSR count). The van der Waals surface area contributed by atoms with Crippen molar-refractivity contribution in [1.29, 1.82) is 0 Å². The smallest absolute Gasteiger partial charge is 0.123 e. The Labute approximate surface area is 146 Å². The Bertz CT molecular complexity index is 756.